The van der Waals surface area contributed by atoms with Crippen LogP contribution in [0.2, 0.25) is 0 Å². The molecule has 8 nitrogen and oxygen atoms in total. The number of hydrogen-bond donors (Lipinski definition) is 2. The molecule has 0 saturated carbocycles. The van der Waals surface area contributed by atoms with Gasteiger partial charge in [0.05, 0.1) is 42.3 Å². The van der Waals surface area contributed by atoms with Gasteiger partial charge in [0, 0.05) is 18.8 Å². The first kappa shape index (κ1) is 24.1. The number of aliphatic hydroxyl groups excluding tert-OH is 1. The van der Waals surface area contributed by atoms with Crippen LogP contribution >= 0.6 is 0 Å². The molecule has 33 heavy (non-hydrogen) atoms. The van der Waals surface area contributed by atoms with Gasteiger partial charge in [-0.1, -0.05) is 24.8 Å². The number of rotatable bonds is 6. The molecule has 1 aromatic heterocycles. The molecule has 2 N–H and O–H groups in total. The molecular weight excluding hydrogens is 441 g/mol. The number of alkyl halides is 3. The number of benzene rings is 1. The van der Waals surface area contributed by atoms with Gasteiger partial charge in [0.2, 0.25) is 0 Å². The summed E-state index contributed by atoms with van der Waals surface area (Å²) in [5.41, 5.74) is -1.44. The van der Waals surface area contributed by atoms with E-state index in [9.17, 15) is 27.9 Å². The molecule has 2 atom stereocenters. The summed E-state index contributed by atoms with van der Waals surface area (Å²) in [6.07, 6.45) is -1.30. The molecule has 0 unspecified atom stereocenters. The summed E-state index contributed by atoms with van der Waals surface area (Å²) in [5.74, 6) is -0.787. The highest BCUT2D eigenvalue weighted by Gasteiger charge is 2.31. The van der Waals surface area contributed by atoms with Crippen LogP contribution < -0.4 is 10.9 Å². The van der Waals surface area contributed by atoms with Gasteiger partial charge in [0.1, 0.15) is 5.56 Å². The van der Waals surface area contributed by atoms with E-state index >= 15 is 0 Å². The van der Waals surface area contributed by atoms with E-state index in [0.717, 1.165) is 16.8 Å². The fourth-order valence-corrected chi connectivity index (χ4v) is 3.15. The summed E-state index contributed by atoms with van der Waals surface area (Å²) >= 11 is 0. The second kappa shape index (κ2) is 9.92. The standard InChI is InChI=1S/C22H21F3N4O4/c1-3-4-15(10-26-2)29-21(32)16(20(31)27-18-11-33-12-19(18)30)9-17(28-29)13-5-7-14(8-6-13)22(23,24)25/h3-10,18-19,30H,1,11-12H2,2H3,(H,27,31)/b15-4+,26-10?/t18-,19+/m1/s1. The van der Waals surface area contributed by atoms with E-state index in [1.165, 1.54) is 43.6 Å². The molecule has 2 heterocycles. The lowest BCUT2D eigenvalue weighted by atomic mass is 10.1. The molecule has 11 heteroatoms. The highest BCUT2D eigenvalue weighted by atomic mass is 19.4. The smallest absolute Gasteiger partial charge is 0.388 e. The zero-order valence-corrected chi connectivity index (χ0v) is 17.5. The maximum Gasteiger partial charge on any atom is 0.416 e. The van der Waals surface area contributed by atoms with Gasteiger partial charge >= 0.3 is 6.18 Å². The lowest BCUT2D eigenvalue weighted by molar-refractivity contribution is -0.137. The first-order valence-electron chi connectivity index (χ1n) is 9.79. The molecule has 1 aliphatic heterocycles. The minimum absolute atomic E-state index is 0.0432. The number of allylic oxidation sites excluding steroid dienone is 3. The zero-order chi connectivity index (χ0) is 24.2. The average Bonchev–Trinajstić information content (AvgIpc) is 3.17. The first-order valence-corrected chi connectivity index (χ1v) is 9.79. The van der Waals surface area contributed by atoms with Crippen LogP contribution in [0.5, 0.6) is 0 Å². The number of aromatic nitrogens is 2. The lowest BCUT2D eigenvalue weighted by Gasteiger charge is -2.16. The van der Waals surface area contributed by atoms with Gasteiger partial charge in [-0.05, 0) is 24.3 Å². The van der Waals surface area contributed by atoms with Gasteiger partial charge in [-0.25, -0.2) is 0 Å². The molecular formula is C22H21F3N4O4. The molecule has 1 saturated heterocycles. The van der Waals surface area contributed by atoms with E-state index in [4.69, 9.17) is 4.74 Å². The Morgan fingerprint density at radius 3 is 2.58 bits per heavy atom. The molecule has 0 spiro atoms. The number of aliphatic hydroxyl groups is 1. The molecule has 1 aliphatic rings. The second-order valence-electron chi connectivity index (χ2n) is 7.13. The Balaban J connectivity index is 2.13. The largest absolute Gasteiger partial charge is 0.416 e. The van der Waals surface area contributed by atoms with Crippen molar-refractivity contribution in [3.05, 3.63) is 70.5 Å². The number of ether oxygens (including phenoxy) is 1. The van der Waals surface area contributed by atoms with Crippen LogP contribution in [0.4, 0.5) is 13.2 Å². The predicted molar refractivity (Wildman–Crippen MR) is 116 cm³/mol. The van der Waals surface area contributed by atoms with Crippen LogP contribution in [0.1, 0.15) is 15.9 Å². The number of hydrogen-bond acceptors (Lipinski definition) is 6. The third kappa shape index (κ3) is 5.44. The quantitative estimate of drug-likeness (QED) is 0.506. The number of aliphatic imine (C=N–C) groups is 1. The summed E-state index contributed by atoms with van der Waals surface area (Å²) in [6, 6.07) is 4.63. The molecule has 2 aromatic rings. The Morgan fingerprint density at radius 2 is 2.03 bits per heavy atom. The van der Waals surface area contributed by atoms with E-state index in [0.29, 0.717) is 0 Å². The molecule has 1 aromatic carbocycles. The Hall–Kier alpha value is -3.57. The van der Waals surface area contributed by atoms with Crippen molar-refractivity contribution < 1.29 is 27.8 Å². The highest BCUT2D eigenvalue weighted by Crippen LogP contribution is 2.30. The lowest BCUT2D eigenvalue weighted by Crippen LogP contribution is -2.44. The summed E-state index contributed by atoms with van der Waals surface area (Å²) in [4.78, 5) is 29.8. The summed E-state index contributed by atoms with van der Waals surface area (Å²) in [6.45, 7) is 3.69. The fourth-order valence-electron chi connectivity index (χ4n) is 3.15. The van der Waals surface area contributed by atoms with Gasteiger partial charge in [-0.3, -0.25) is 14.6 Å². The van der Waals surface area contributed by atoms with Crippen molar-refractivity contribution >= 4 is 17.8 Å². The van der Waals surface area contributed by atoms with Gasteiger partial charge in [0.25, 0.3) is 11.5 Å². The van der Waals surface area contributed by atoms with Crippen molar-refractivity contribution in [2.45, 2.75) is 18.3 Å². The summed E-state index contributed by atoms with van der Waals surface area (Å²) < 4.78 is 44.8. The van der Waals surface area contributed by atoms with Crippen molar-refractivity contribution in [1.29, 1.82) is 0 Å². The van der Waals surface area contributed by atoms with Gasteiger partial charge in [-0.2, -0.15) is 23.0 Å². The molecule has 1 fully saturated rings. The fraction of sp³-hybridized carbons (Fsp3) is 0.273. The normalized spacial score (nSPS) is 19.1. The number of halogens is 3. The van der Waals surface area contributed by atoms with Gasteiger partial charge < -0.3 is 15.2 Å². The van der Waals surface area contributed by atoms with E-state index in [1.807, 2.05) is 0 Å². The Kier molecular flexibility index (Phi) is 7.24. The molecule has 1 amide bonds. The first-order chi connectivity index (χ1) is 15.7. The number of amides is 1. The number of nitrogens with zero attached hydrogens (tertiary/aromatic N) is 3. The van der Waals surface area contributed by atoms with Gasteiger partial charge in [0.15, 0.2) is 0 Å². The molecule has 0 radical (unpaired) electrons. The van der Waals surface area contributed by atoms with Crippen LogP contribution in [-0.4, -0.2) is 59.4 Å². The number of carbonyl (C=O) groups is 1. The van der Waals surface area contributed by atoms with Crippen molar-refractivity contribution in [3.63, 3.8) is 0 Å². The van der Waals surface area contributed by atoms with Crippen molar-refractivity contribution in [2.24, 2.45) is 4.99 Å². The Bertz CT molecular complexity index is 1150. The zero-order valence-electron chi connectivity index (χ0n) is 17.5. The van der Waals surface area contributed by atoms with E-state index in [1.54, 1.807) is 0 Å². The maximum absolute atomic E-state index is 13.1. The van der Waals surface area contributed by atoms with E-state index in [2.05, 4.69) is 22.0 Å². The monoisotopic (exact) mass is 462 g/mol. The Morgan fingerprint density at radius 1 is 1.33 bits per heavy atom. The third-order valence-corrected chi connectivity index (χ3v) is 4.83. The summed E-state index contributed by atoms with van der Waals surface area (Å²) in [5, 5.41) is 16.7. The minimum atomic E-state index is -4.52. The van der Waals surface area contributed by atoms with Crippen LogP contribution in [0.25, 0.3) is 17.0 Å². The number of carbonyl (C=O) groups excluding carboxylic acids is 1. The van der Waals surface area contributed by atoms with Crippen LogP contribution in [0.3, 0.4) is 0 Å². The van der Waals surface area contributed by atoms with Crippen molar-refractivity contribution in [3.8, 4) is 11.3 Å². The van der Waals surface area contributed by atoms with Crippen LogP contribution in [-0.2, 0) is 10.9 Å². The molecule has 0 aliphatic carbocycles. The second-order valence-corrected chi connectivity index (χ2v) is 7.13. The van der Waals surface area contributed by atoms with Crippen molar-refractivity contribution in [1.82, 2.24) is 15.1 Å². The highest BCUT2D eigenvalue weighted by molar-refractivity contribution is 6.03. The maximum atomic E-state index is 13.1. The number of nitrogens with one attached hydrogen (secondary N) is 1. The van der Waals surface area contributed by atoms with Crippen molar-refractivity contribution in [2.75, 3.05) is 20.3 Å². The predicted octanol–water partition coefficient (Wildman–Crippen LogP) is 2.15. The van der Waals surface area contributed by atoms with E-state index < -0.39 is 35.4 Å². The third-order valence-electron chi connectivity index (χ3n) is 4.83. The Labute approximate surface area is 186 Å². The minimum Gasteiger partial charge on any atom is -0.388 e. The van der Waals surface area contributed by atoms with Crippen LogP contribution in [0.15, 0.2) is 58.8 Å². The molecule has 0 bridgehead atoms. The molecule has 174 valence electrons. The van der Waals surface area contributed by atoms with Gasteiger partial charge in [-0.15, -0.1) is 0 Å². The summed E-state index contributed by atoms with van der Waals surface area (Å²) in [7, 11) is 1.47. The van der Waals surface area contributed by atoms with Crippen LogP contribution in [0, 0.1) is 0 Å². The topological polar surface area (TPSA) is 106 Å². The van der Waals surface area contributed by atoms with E-state index in [-0.39, 0.29) is 35.7 Å². The molecule has 3 rings (SSSR count). The average molecular weight is 462 g/mol. The SMILES string of the molecule is C=C/C=C(\C=NC)n1nc(-c2ccc(C(F)(F)F)cc2)cc(C(=O)N[C@@H]2COC[C@@H]2O)c1=O.